The monoisotopic (exact) mass is 456 g/mol. The number of carbonyl (C=O) groups is 1. The van der Waals surface area contributed by atoms with Gasteiger partial charge in [-0.3, -0.25) is 4.99 Å². The molecule has 0 saturated carbocycles. The standard InChI is InChI=1S/C17H36N4O2.HI/c1-13(2)9-11-20-15(18)19-10-8-12-21(14(3)4)16(22)23-17(5,6)7;/h13-14H,8-12H2,1-7H3,(H3,18,19,20);1H. The Kier molecular flexibility index (Phi) is 13.4. The van der Waals surface area contributed by atoms with E-state index in [9.17, 15) is 4.79 Å². The first-order valence-corrected chi connectivity index (χ1v) is 8.56. The Morgan fingerprint density at radius 1 is 1.25 bits per heavy atom. The van der Waals surface area contributed by atoms with Crippen LogP contribution in [0.3, 0.4) is 0 Å². The third kappa shape index (κ3) is 13.7. The molecule has 0 heterocycles. The highest BCUT2D eigenvalue weighted by Crippen LogP contribution is 2.12. The molecule has 0 fully saturated rings. The fourth-order valence-corrected chi connectivity index (χ4v) is 1.87. The minimum Gasteiger partial charge on any atom is -0.444 e. The first-order chi connectivity index (χ1) is 10.5. The number of nitrogens with two attached hydrogens (primary N) is 1. The van der Waals surface area contributed by atoms with Gasteiger partial charge in [0.1, 0.15) is 5.60 Å². The maximum atomic E-state index is 12.2. The van der Waals surface area contributed by atoms with Crippen molar-refractivity contribution in [2.24, 2.45) is 16.6 Å². The Labute approximate surface area is 165 Å². The van der Waals surface area contributed by atoms with Crippen LogP contribution in [0, 0.1) is 5.92 Å². The Balaban J connectivity index is 0. The third-order valence-corrected chi connectivity index (χ3v) is 3.12. The van der Waals surface area contributed by atoms with Crippen molar-refractivity contribution in [3.8, 4) is 0 Å². The summed E-state index contributed by atoms with van der Waals surface area (Å²) in [6.45, 7) is 16.0. The molecule has 7 heteroatoms. The normalized spacial score (nSPS) is 12.1. The number of halogens is 1. The molecule has 3 N–H and O–H groups in total. The summed E-state index contributed by atoms with van der Waals surface area (Å²) >= 11 is 0. The predicted octanol–water partition coefficient (Wildman–Crippen LogP) is 3.59. The van der Waals surface area contributed by atoms with Crippen molar-refractivity contribution in [3.63, 3.8) is 0 Å². The molecule has 0 unspecified atom stereocenters. The molecule has 6 nitrogen and oxygen atoms in total. The molecule has 0 spiro atoms. The topological polar surface area (TPSA) is 80.0 Å². The van der Waals surface area contributed by atoms with Gasteiger partial charge in [-0.1, -0.05) is 13.8 Å². The summed E-state index contributed by atoms with van der Waals surface area (Å²) in [7, 11) is 0. The first kappa shape index (κ1) is 25.5. The van der Waals surface area contributed by atoms with Crippen molar-refractivity contribution < 1.29 is 9.53 Å². The van der Waals surface area contributed by atoms with Crippen LogP contribution in [0.2, 0.25) is 0 Å². The first-order valence-electron chi connectivity index (χ1n) is 8.56. The number of carbonyl (C=O) groups excluding carboxylic acids is 1. The molecule has 144 valence electrons. The van der Waals surface area contributed by atoms with E-state index in [1.54, 1.807) is 4.90 Å². The SMILES string of the molecule is CC(C)CCNC(N)=NCCCN(C(=O)OC(C)(C)C)C(C)C.I. The van der Waals surface area contributed by atoms with Gasteiger partial charge < -0.3 is 20.7 Å². The van der Waals surface area contributed by atoms with Gasteiger partial charge in [0, 0.05) is 25.7 Å². The highest BCUT2D eigenvalue weighted by molar-refractivity contribution is 14.0. The van der Waals surface area contributed by atoms with E-state index in [1.807, 2.05) is 34.6 Å². The van der Waals surface area contributed by atoms with E-state index in [0.717, 1.165) is 19.4 Å². The zero-order valence-corrected chi connectivity index (χ0v) is 18.7. The quantitative estimate of drug-likeness (QED) is 0.253. The zero-order valence-electron chi connectivity index (χ0n) is 16.4. The molecule has 0 bridgehead atoms. The molecule has 24 heavy (non-hydrogen) atoms. The molecule has 0 rings (SSSR count). The molecular formula is C17H37IN4O2. The van der Waals surface area contributed by atoms with Gasteiger partial charge in [0.25, 0.3) is 0 Å². The highest BCUT2D eigenvalue weighted by Gasteiger charge is 2.23. The Morgan fingerprint density at radius 2 is 1.83 bits per heavy atom. The van der Waals surface area contributed by atoms with Crippen LogP contribution in [0.1, 0.15) is 61.3 Å². The molecule has 0 aliphatic heterocycles. The molecule has 0 aromatic rings. The highest BCUT2D eigenvalue weighted by atomic mass is 127. The van der Waals surface area contributed by atoms with Gasteiger partial charge in [-0.05, 0) is 53.4 Å². The van der Waals surface area contributed by atoms with Crippen molar-refractivity contribution >= 4 is 36.0 Å². The van der Waals surface area contributed by atoms with Gasteiger partial charge in [0.15, 0.2) is 5.96 Å². The zero-order chi connectivity index (χ0) is 18.0. The predicted molar refractivity (Wildman–Crippen MR) is 112 cm³/mol. The van der Waals surface area contributed by atoms with Crippen LogP contribution in [-0.2, 0) is 4.74 Å². The lowest BCUT2D eigenvalue weighted by Gasteiger charge is -2.30. The molecule has 0 aromatic heterocycles. The average molecular weight is 456 g/mol. The fourth-order valence-electron chi connectivity index (χ4n) is 1.87. The van der Waals surface area contributed by atoms with Crippen LogP contribution in [0.4, 0.5) is 4.79 Å². The van der Waals surface area contributed by atoms with Crippen LogP contribution < -0.4 is 11.1 Å². The van der Waals surface area contributed by atoms with Gasteiger partial charge in [-0.15, -0.1) is 24.0 Å². The number of ether oxygens (including phenoxy) is 1. The lowest BCUT2D eigenvalue weighted by Crippen LogP contribution is -2.41. The Bertz CT molecular complexity index is 379. The van der Waals surface area contributed by atoms with E-state index in [1.165, 1.54) is 0 Å². The molecule has 0 aromatic carbocycles. The van der Waals surface area contributed by atoms with Crippen molar-refractivity contribution in [1.82, 2.24) is 10.2 Å². The number of hydrogen-bond donors (Lipinski definition) is 2. The van der Waals surface area contributed by atoms with Crippen molar-refractivity contribution in [1.29, 1.82) is 0 Å². The summed E-state index contributed by atoms with van der Waals surface area (Å²) in [5, 5.41) is 3.10. The fraction of sp³-hybridized carbons (Fsp3) is 0.882. The second-order valence-corrected chi connectivity index (χ2v) is 7.50. The summed E-state index contributed by atoms with van der Waals surface area (Å²) in [6, 6.07) is 0.0929. The Hall–Kier alpha value is -0.730. The molecule has 0 aliphatic rings. The van der Waals surface area contributed by atoms with E-state index in [0.29, 0.717) is 25.0 Å². The second-order valence-electron chi connectivity index (χ2n) is 7.50. The lowest BCUT2D eigenvalue weighted by atomic mass is 10.1. The van der Waals surface area contributed by atoms with Crippen LogP contribution >= 0.6 is 24.0 Å². The van der Waals surface area contributed by atoms with Crippen molar-refractivity contribution in [2.45, 2.75) is 73.0 Å². The molecule has 0 aliphatic carbocycles. The minimum absolute atomic E-state index is 0. The lowest BCUT2D eigenvalue weighted by molar-refractivity contribution is 0.0190. The van der Waals surface area contributed by atoms with Crippen LogP contribution in [0.5, 0.6) is 0 Å². The number of aliphatic imine (C=N–C) groups is 1. The number of nitrogens with one attached hydrogen (secondary N) is 1. The van der Waals surface area contributed by atoms with Gasteiger partial charge in [-0.25, -0.2) is 4.79 Å². The number of amides is 1. The van der Waals surface area contributed by atoms with Gasteiger partial charge in [-0.2, -0.15) is 0 Å². The number of nitrogens with zero attached hydrogens (tertiary/aromatic N) is 2. The average Bonchev–Trinajstić information content (AvgIpc) is 2.35. The molecule has 0 atom stereocenters. The van der Waals surface area contributed by atoms with E-state index in [4.69, 9.17) is 10.5 Å². The summed E-state index contributed by atoms with van der Waals surface area (Å²) in [6.07, 6.45) is 1.54. The van der Waals surface area contributed by atoms with Crippen molar-refractivity contribution in [2.75, 3.05) is 19.6 Å². The Morgan fingerprint density at radius 3 is 2.29 bits per heavy atom. The number of rotatable bonds is 8. The van der Waals surface area contributed by atoms with Crippen molar-refractivity contribution in [3.05, 3.63) is 0 Å². The van der Waals surface area contributed by atoms with Gasteiger partial charge in [0.2, 0.25) is 0 Å². The largest absolute Gasteiger partial charge is 0.444 e. The van der Waals surface area contributed by atoms with E-state index >= 15 is 0 Å². The molecular weight excluding hydrogens is 419 g/mol. The van der Waals surface area contributed by atoms with Crippen LogP contribution in [0.15, 0.2) is 4.99 Å². The summed E-state index contributed by atoms with van der Waals surface area (Å²) < 4.78 is 5.43. The van der Waals surface area contributed by atoms with E-state index < -0.39 is 5.60 Å². The third-order valence-electron chi connectivity index (χ3n) is 3.12. The van der Waals surface area contributed by atoms with Crippen LogP contribution in [0.25, 0.3) is 0 Å². The second kappa shape index (κ2) is 12.6. The van der Waals surface area contributed by atoms with E-state index in [-0.39, 0.29) is 36.1 Å². The molecule has 0 radical (unpaired) electrons. The van der Waals surface area contributed by atoms with Gasteiger partial charge >= 0.3 is 6.09 Å². The maximum absolute atomic E-state index is 12.2. The molecule has 1 amide bonds. The summed E-state index contributed by atoms with van der Waals surface area (Å²) in [5.41, 5.74) is 5.33. The number of hydrogen-bond acceptors (Lipinski definition) is 3. The maximum Gasteiger partial charge on any atom is 0.410 e. The van der Waals surface area contributed by atoms with Gasteiger partial charge in [0.05, 0.1) is 0 Å². The van der Waals surface area contributed by atoms with E-state index in [2.05, 4.69) is 24.2 Å². The summed E-state index contributed by atoms with van der Waals surface area (Å²) in [4.78, 5) is 18.2. The van der Waals surface area contributed by atoms with Crippen LogP contribution in [-0.4, -0.2) is 48.2 Å². The number of guanidine groups is 1. The minimum atomic E-state index is -0.479. The smallest absolute Gasteiger partial charge is 0.410 e. The molecule has 0 saturated heterocycles. The summed E-state index contributed by atoms with van der Waals surface area (Å²) in [5.74, 6) is 1.11.